The van der Waals surface area contributed by atoms with Crippen molar-refractivity contribution in [3.63, 3.8) is 0 Å². The number of aromatic nitrogens is 4. The Labute approximate surface area is 123 Å². The standard InChI is InChI=1S/C12H8F2N5O2S/c1-7-5-6-19-11(15-7)16-12(17-19)22(20,21)18-10-8(13)3-2-4-9(10)14/h2-6H,1H3/q-1. The van der Waals surface area contributed by atoms with E-state index in [9.17, 15) is 17.2 Å². The van der Waals surface area contributed by atoms with Gasteiger partial charge in [-0.3, -0.25) is 0 Å². The van der Waals surface area contributed by atoms with Gasteiger partial charge in [-0.15, -0.1) is 5.10 Å². The monoisotopic (exact) mass is 324 g/mol. The Balaban J connectivity index is 2.05. The number of hydrogen-bond donors (Lipinski definition) is 0. The summed E-state index contributed by atoms with van der Waals surface area (Å²) in [4.78, 5) is 7.70. The second kappa shape index (κ2) is 4.98. The summed E-state index contributed by atoms with van der Waals surface area (Å²) in [6, 6.07) is 4.51. The average molecular weight is 324 g/mol. The molecule has 0 aliphatic rings. The van der Waals surface area contributed by atoms with E-state index in [1.165, 1.54) is 6.20 Å². The van der Waals surface area contributed by atoms with Gasteiger partial charge in [0, 0.05) is 11.9 Å². The predicted octanol–water partition coefficient (Wildman–Crippen LogP) is 2.11. The first-order valence-electron chi connectivity index (χ1n) is 5.99. The molecule has 114 valence electrons. The van der Waals surface area contributed by atoms with Gasteiger partial charge in [-0.2, -0.15) is 4.98 Å². The molecule has 22 heavy (non-hydrogen) atoms. The third-order valence-electron chi connectivity index (χ3n) is 2.71. The molecule has 0 fully saturated rings. The summed E-state index contributed by atoms with van der Waals surface area (Å²) < 4.78 is 55.4. The fourth-order valence-electron chi connectivity index (χ4n) is 1.69. The van der Waals surface area contributed by atoms with Crippen molar-refractivity contribution in [2.24, 2.45) is 0 Å². The van der Waals surface area contributed by atoms with Crippen molar-refractivity contribution in [2.75, 3.05) is 0 Å². The van der Waals surface area contributed by atoms with Gasteiger partial charge in [-0.25, -0.2) is 26.7 Å². The summed E-state index contributed by atoms with van der Waals surface area (Å²) in [5, 5.41) is 3.01. The minimum Gasteiger partial charge on any atom is -0.565 e. The van der Waals surface area contributed by atoms with Crippen LogP contribution in [0.3, 0.4) is 0 Å². The van der Waals surface area contributed by atoms with Crippen LogP contribution in [0.5, 0.6) is 0 Å². The van der Waals surface area contributed by atoms with E-state index in [1.54, 1.807) is 13.0 Å². The van der Waals surface area contributed by atoms with Crippen LogP contribution in [0.2, 0.25) is 0 Å². The zero-order chi connectivity index (χ0) is 15.9. The largest absolute Gasteiger partial charge is 0.565 e. The third kappa shape index (κ3) is 2.48. The van der Waals surface area contributed by atoms with Crippen LogP contribution < -0.4 is 0 Å². The van der Waals surface area contributed by atoms with Crippen LogP contribution in [0.15, 0.2) is 35.6 Å². The van der Waals surface area contributed by atoms with Crippen LogP contribution >= 0.6 is 0 Å². The minimum absolute atomic E-state index is 0.0442. The molecule has 0 aliphatic heterocycles. The maximum absolute atomic E-state index is 13.5. The van der Waals surface area contributed by atoms with E-state index in [0.717, 1.165) is 22.7 Å². The lowest BCUT2D eigenvalue weighted by Gasteiger charge is -2.20. The molecule has 0 N–H and O–H groups in total. The van der Waals surface area contributed by atoms with Crippen LogP contribution in [0, 0.1) is 18.6 Å². The Morgan fingerprint density at radius 1 is 1.14 bits per heavy atom. The van der Waals surface area contributed by atoms with Gasteiger partial charge < -0.3 is 4.72 Å². The Kier molecular flexibility index (Phi) is 3.24. The number of nitrogens with zero attached hydrogens (tertiary/aromatic N) is 5. The van der Waals surface area contributed by atoms with Crippen LogP contribution in [0.1, 0.15) is 5.69 Å². The molecule has 2 heterocycles. The molecule has 0 atom stereocenters. The van der Waals surface area contributed by atoms with Crippen molar-refractivity contribution in [1.29, 1.82) is 0 Å². The van der Waals surface area contributed by atoms with Gasteiger partial charge in [0.05, 0.1) is 0 Å². The molecule has 0 unspecified atom stereocenters. The van der Waals surface area contributed by atoms with Crippen molar-refractivity contribution >= 4 is 21.5 Å². The quantitative estimate of drug-likeness (QED) is 0.736. The Hall–Kier alpha value is -2.62. The number of fused-ring (bicyclic) bond motifs is 1. The molecular weight excluding hydrogens is 316 g/mol. The van der Waals surface area contributed by atoms with Crippen molar-refractivity contribution < 1.29 is 17.2 Å². The zero-order valence-electron chi connectivity index (χ0n) is 11.1. The number of rotatable bonds is 3. The highest BCUT2D eigenvalue weighted by Gasteiger charge is 2.15. The lowest BCUT2D eigenvalue weighted by Crippen LogP contribution is -2.02. The van der Waals surface area contributed by atoms with Gasteiger partial charge in [-0.05, 0) is 25.1 Å². The molecule has 0 radical (unpaired) electrons. The second-order valence-electron chi connectivity index (χ2n) is 4.34. The highest BCUT2D eigenvalue weighted by atomic mass is 32.2. The smallest absolute Gasteiger partial charge is 0.254 e. The number of hydrogen-bond acceptors (Lipinski definition) is 5. The fourth-order valence-corrected chi connectivity index (χ4v) is 2.58. The molecule has 0 aliphatic carbocycles. The summed E-state index contributed by atoms with van der Waals surface area (Å²) in [6.07, 6.45) is 1.47. The topological polar surface area (TPSA) is 91.3 Å². The minimum atomic E-state index is -4.47. The first kappa shape index (κ1) is 14.3. The molecule has 0 saturated heterocycles. The molecule has 2 aromatic heterocycles. The van der Waals surface area contributed by atoms with Gasteiger partial charge >= 0.3 is 0 Å². The maximum Gasteiger partial charge on any atom is 0.254 e. The molecule has 3 aromatic rings. The molecular formula is C12H8F2N5O2S-. The van der Waals surface area contributed by atoms with Crippen molar-refractivity contribution in [2.45, 2.75) is 12.1 Å². The summed E-state index contributed by atoms with van der Waals surface area (Å²) in [5.74, 6) is -2.15. The molecule has 0 amide bonds. The number of halogens is 2. The lowest BCUT2D eigenvalue weighted by molar-refractivity contribution is 0.582. The lowest BCUT2D eigenvalue weighted by atomic mass is 10.3. The molecule has 7 nitrogen and oxygen atoms in total. The Morgan fingerprint density at radius 2 is 1.82 bits per heavy atom. The maximum atomic E-state index is 13.5. The van der Waals surface area contributed by atoms with Crippen molar-refractivity contribution in [3.8, 4) is 0 Å². The number of sulfonamides is 1. The van der Waals surface area contributed by atoms with E-state index >= 15 is 0 Å². The van der Waals surface area contributed by atoms with Crippen LogP contribution in [-0.2, 0) is 10.0 Å². The molecule has 10 heteroatoms. The molecule has 0 spiro atoms. The van der Waals surface area contributed by atoms with Crippen molar-refractivity contribution in [3.05, 3.63) is 52.5 Å². The third-order valence-corrected chi connectivity index (χ3v) is 3.76. The van der Waals surface area contributed by atoms with E-state index in [2.05, 4.69) is 19.8 Å². The highest BCUT2D eigenvalue weighted by molar-refractivity contribution is 7.94. The van der Waals surface area contributed by atoms with E-state index in [0.29, 0.717) is 5.69 Å². The first-order chi connectivity index (χ1) is 10.4. The van der Waals surface area contributed by atoms with Gasteiger partial charge in [0.1, 0.15) is 11.6 Å². The van der Waals surface area contributed by atoms with Crippen LogP contribution in [-0.4, -0.2) is 28.0 Å². The fraction of sp³-hybridized carbons (Fsp3) is 0.0833. The molecule has 0 bridgehead atoms. The summed E-state index contributed by atoms with van der Waals surface area (Å²) in [5.41, 5.74) is -0.300. The van der Waals surface area contributed by atoms with Gasteiger partial charge in [0.15, 0.2) is 10.0 Å². The van der Waals surface area contributed by atoms with Crippen LogP contribution in [0.25, 0.3) is 10.5 Å². The van der Waals surface area contributed by atoms with E-state index < -0.39 is 32.5 Å². The second-order valence-corrected chi connectivity index (χ2v) is 5.84. The Morgan fingerprint density at radius 3 is 2.50 bits per heavy atom. The SMILES string of the molecule is Cc1ccn2nc(S(=O)(=O)[N-]c3c(F)cccc3F)nc2n1. The van der Waals surface area contributed by atoms with E-state index in [-0.39, 0.29) is 5.78 Å². The van der Waals surface area contributed by atoms with Gasteiger partial charge in [0.2, 0.25) is 0 Å². The van der Waals surface area contributed by atoms with E-state index in [1.807, 2.05) is 0 Å². The zero-order valence-corrected chi connectivity index (χ0v) is 11.9. The molecule has 1 aromatic carbocycles. The predicted molar refractivity (Wildman–Crippen MR) is 72.1 cm³/mol. The highest BCUT2D eigenvalue weighted by Crippen LogP contribution is 2.31. The van der Waals surface area contributed by atoms with Gasteiger partial charge in [0.25, 0.3) is 10.9 Å². The first-order valence-corrected chi connectivity index (χ1v) is 7.43. The Bertz CT molecular complexity index is 951. The summed E-state index contributed by atoms with van der Waals surface area (Å²) >= 11 is 0. The summed E-state index contributed by atoms with van der Waals surface area (Å²) in [7, 11) is -4.47. The molecule has 0 saturated carbocycles. The van der Waals surface area contributed by atoms with Crippen LogP contribution in [0.4, 0.5) is 14.5 Å². The normalized spacial score (nSPS) is 11.8. The van der Waals surface area contributed by atoms with Crippen molar-refractivity contribution in [1.82, 2.24) is 19.6 Å². The van der Waals surface area contributed by atoms with Gasteiger partial charge in [-0.1, -0.05) is 11.8 Å². The molecule has 3 rings (SSSR count). The van der Waals surface area contributed by atoms with E-state index in [4.69, 9.17) is 0 Å². The summed E-state index contributed by atoms with van der Waals surface area (Å²) in [6.45, 7) is 1.70. The average Bonchev–Trinajstić information content (AvgIpc) is 2.87. The number of aryl methyl sites for hydroxylation is 1. The number of benzene rings is 1.